The summed E-state index contributed by atoms with van der Waals surface area (Å²) in [4.78, 5) is 12.9. The number of thiophene rings is 1. The topological polar surface area (TPSA) is 113 Å². The van der Waals surface area contributed by atoms with Crippen molar-refractivity contribution >= 4 is 60.7 Å². The van der Waals surface area contributed by atoms with Crippen LogP contribution in [0, 0.1) is 11.3 Å². The molecule has 9 heteroatoms. The van der Waals surface area contributed by atoms with Crippen LogP contribution in [-0.2, 0) is 14.8 Å². The van der Waals surface area contributed by atoms with Crippen molar-refractivity contribution < 1.29 is 13.2 Å². The molecule has 0 spiro atoms. The van der Waals surface area contributed by atoms with Gasteiger partial charge in [0.25, 0.3) is 5.91 Å². The van der Waals surface area contributed by atoms with Crippen molar-refractivity contribution in [3.8, 4) is 6.07 Å². The number of nitriles is 1. The maximum Gasteiger partial charge on any atom is 0.266 e. The molecule has 136 valence electrons. The molecular formula is C18H12ClN3O3S2. The zero-order valence-corrected chi connectivity index (χ0v) is 16.0. The molecule has 1 heterocycles. The van der Waals surface area contributed by atoms with Gasteiger partial charge in [-0.25, -0.2) is 13.6 Å². The van der Waals surface area contributed by atoms with Crippen molar-refractivity contribution in [2.45, 2.75) is 4.90 Å². The van der Waals surface area contributed by atoms with Crippen LogP contribution in [-0.4, -0.2) is 14.3 Å². The summed E-state index contributed by atoms with van der Waals surface area (Å²) in [7, 11) is -3.82. The Morgan fingerprint density at radius 1 is 1.19 bits per heavy atom. The fraction of sp³-hybridized carbons (Fsp3) is 0. The number of nitrogens with zero attached hydrogens (tertiary/aromatic N) is 1. The van der Waals surface area contributed by atoms with Crippen molar-refractivity contribution in [3.05, 3.63) is 64.0 Å². The van der Waals surface area contributed by atoms with Gasteiger partial charge < -0.3 is 5.32 Å². The number of fused-ring (bicyclic) bond motifs is 1. The fourth-order valence-electron chi connectivity index (χ4n) is 2.33. The molecule has 3 N–H and O–H groups in total. The van der Waals surface area contributed by atoms with Crippen molar-refractivity contribution in [2.75, 3.05) is 5.32 Å². The number of carbonyl (C=O) groups is 1. The first-order valence-electron chi connectivity index (χ1n) is 7.52. The van der Waals surface area contributed by atoms with Gasteiger partial charge in [-0.1, -0.05) is 29.8 Å². The molecule has 0 saturated heterocycles. The normalized spacial score (nSPS) is 12.0. The van der Waals surface area contributed by atoms with E-state index in [0.717, 1.165) is 10.1 Å². The third kappa shape index (κ3) is 4.18. The van der Waals surface area contributed by atoms with Crippen LogP contribution in [0.1, 0.15) is 4.88 Å². The number of amides is 1. The first-order valence-corrected chi connectivity index (χ1v) is 10.3. The lowest BCUT2D eigenvalue weighted by Crippen LogP contribution is -2.14. The number of hydrogen-bond acceptors (Lipinski definition) is 5. The number of sulfonamides is 1. The van der Waals surface area contributed by atoms with E-state index in [4.69, 9.17) is 16.7 Å². The number of nitrogens with one attached hydrogen (secondary N) is 1. The average Bonchev–Trinajstić information content (AvgIpc) is 2.95. The Balaban J connectivity index is 1.86. The number of benzene rings is 2. The van der Waals surface area contributed by atoms with Gasteiger partial charge in [0.15, 0.2) is 0 Å². The highest BCUT2D eigenvalue weighted by atomic mass is 35.5. The number of halogens is 1. The largest absolute Gasteiger partial charge is 0.321 e. The van der Waals surface area contributed by atoms with Gasteiger partial charge in [-0.2, -0.15) is 5.26 Å². The van der Waals surface area contributed by atoms with Crippen LogP contribution >= 0.6 is 22.9 Å². The van der Waals surface area contributed by atoms with Crippen molar-refractivity contribution in [2.24, 2.45) is 5.14 Å². The number of primary sulfonamides is 1. The Morgan fingerprint density at radius 2 is 1.85 bits per heavy atom. The molecule has 0 saturated carbocycles. The third-order valence-electron chi connectivity index (χ3n) is 3.64. The number of hydrogen-bond donors (Lipinski definition) is 2. The molecule has 1 aromatic heterocycles. The van der Waals surface area contributed by atoms with Crippen LogP contribution in [0.4, 0.5) is 5.69 Å². The lowest BCUT2D eigenvalue weighted by molar-refractivity contribution is -0.112. The molecular weight excluding hydrogens is 406 g/mol. The maximum atomic E-state index is 12.4. The van der Waals surface area contributed by atoms with Gasteiger partial charge in [-0.3, -0.25) is 4.79 Å². The van der Waals surface area contributed by atoms with Gasteiger partial charge in [-0.15, -0.1) is 11.3 Å². The fourth-order valence-corrected chi connectivity index (χ4v) is 4.28. The van der Waals surface area contributed by atoms with E-state index in [0.29, 0.717) is 15.6 Å². The maximum absolute atomic E-state index is 12.4. The van der Waals surface area contributed by atoms with E-state index < -0.39 is 15.9 Å². The molecule has 3 rings (SSSR count). The van der Waals surface area contributed by atoms with Crippen LogP contribution in [0.25, 0.3) is 16.2 Å². The van der Waals surface area contributed by atoms with Crippen LogP contribution in [0.5, 0.6) is 0 Å². The highest BCUT2D eigenvalue weighted by molar-refractivity contribution is 7.89. The van der Waals surface area contributed by atoms with Crippen LogP contribution in [0.2, 0.25) is 5.02 Å². The molecule has 0 bridgehead atoms. The van der Waals surface area contributed by atoms with E-state index in [2.05, 4.69) is 5.32 Å². The lowest BCUT2D eigenvalue weighted by Gasteiger charge is -2.05. The zero-order chi connectivity index (χ0) is 19.6. The highest BCUT2D eigenvalue weighted by Crippen LogP contribution is 2.36. The predicted octanol–water partition coefficient (Wildman–Crippen LogP) is 3.75. The summed E-state index contributed by atoms with van der Waals surface area (Å²) in [6.07, 6.45) is 1.43. The zero-order valence-electron chi connectivity index (χ0n) is 13.6. The number of nitrogens with two attached hydrogens (primary N) is 1. The van der Waals surface area contributed by atoms with Gasteiger partial charge in [0.2, 0.25) is 10.0 Å². The minimum Gasteiger partial charge on any atom is -0.321 e. The molecule has 0 atom stereocenters. The van der Waals surface area contributed by atoms with E-state index in [1.165, 1.54) is 41.7 Å². The van der Waals surface area contributed by atoms with Gasteiger partial charge in [-0.05, 0) is 36.4 Å². The molecule has 1 amide bonds. The first kappa shape index (κ1) is 19.1. The second-order valence-corrected chi connectivity index (χ2v) is 8.49. The van der Waals surface area contributed by atoms with Gasteiger partial charge in [0.05, 0.1) is 9.92 Å². The molecule has 0 aliphatic carbocycles. The standard InChI is InChI=1S/C18H12ClN3O3S2/c19-17-14-3-1-2-4-15(14)26-16(17)9-11(10-20)18(23)22-12-5-7-13(8-6-12)27(21,24)25/h1-9H,(H,22,23)(H2,21,24,25)/b11-9-. The first-order chi connectivity index (χ1) is 12.8. The molecule has 27 heavy (non-hydrogen) atoms. The number of rotatable bonds is 4. The smallest absolute Gasteiger partial charge is 0.266 e. The minimum absolute atomic E-state index is 0.0754. The summed E-state index contributed by atoms with van der Waals surface area (Å²) in [5, 5.41) is 18.2. The van der Waals surface area contributed by atoms with Crippen LogP contribution in [0.3, 0.4) is 0 Å². The summed E-state index contributed by atoms with van der Waals surface area (Å²) in [6, 6.07) is 14.7. The van der Waals surface area contributed by atoms with E-state index in [-0.39, 0.29) is 10.5 Å². The van der Waals surface area contributed by atoms with E-state index in [1.807, 2.05) is 30.3 Å². The Kier molecular flexibility index (Phi) is 5.30. The van der Waals surface area contributed by atoms with Gasteiger partial charge >= 0.3 is 0 Å². The van der Waals surface area contributed by atoms with E-state index in [9.17, 15) is 18.5 Å². The number of carbonyl (C=O) groups excluding carboxylic acids is 1. The third-order valence-corrected chi connectivity index (χ3v) is 6.21. The van der Waals surface area contributed by atoms with Crippen LogP contribution < -0.4 is 10.5 Å². The Morgan fingerprint density at radius 3 is 2.44 bits per heavy atom. The molecule has 0 fully saturated rings. The Bertz CT molecular complexity index is 1210. The lowest BCUT2D eigenvalue weighted by atomic mass is 10.2. The Labute approximate surface area is 164 Å². The second kappa shape index (κ2) is 7.50. The number of anilines is 1. The molecule has 0 aliphatic rings. The monoisotopic (exact) mass is 417 g/mol. The molecule has 2 aromatic carbocycles. The minimum atomic E-state index is -3.82. The van der Waals surface area contributed by atoms with E-state index >= 15 is 0 Å². The van der Waals surface area contributed by atoms with Gasteiger partial charge in [0.1, 0.15) is 11.6 Å². The quantitative estimate of drug-likeness (QED) is 0.497. The summed E-state index contributed by atoms with van der Waals surface area (Å²) in [5.41, 5.74) is 0.204. The van der Waals surface area contributed by atoms with Crippen LogP contribution in [0.15, 0.2) is 59.0 Å². The molecule has 6 nitrogen and oxygen atoms in total. The summed E-state index contributed by atoms with van der Waals surface area (Å²) < 4.78 is 23.5. The van der Waals surface area contributed by atoms with Gasteiger partial charge in [0, 0.05) is 20.7 Å². The average molecular weight is 418 g/mol. The SMILES string of the molecule is N#C/C(=C/c1sc2ccccc2c1Cl)C(=O)Nc1ccc(S(N)(=O)=O)cc1. The molecule has 0 unspecified atom stereocenters. The molecule has 0 aliphatic heterocycles. The predicted molar refractivity (Wildman–Crippen MR) is 107 cm³/mol. The molecule has 3 aromatic rings. The Hall–Kier alpha value is -2.70. The summed E-state index contributed by atoms with van der Waals surface area (Å²) >= 11 is 7.72. The van der Waals surface area contributed by atoms with Crippen molar-refractivity contribution in [3.63, 3.8) is 0 Å². The van der Waals surface area contributed by atoms with E-state index in [1.54, 1.807) is 0 Å². The second-order valence-electron chi connectivity index (χ2n) is 5.47. The van der Waals surface area contributed by atoms with Crippen molar-refractivity contribution in [1.82, 2.24) is 0 Å². The summed E-state index contributed by atoms with van der Waals surface area (Å²) in [5.74, 6) is -0.630. The highest BCUT2D eigenvalue weighted by Gasteiger charge is 2.14. The molecule has 0 radical (unpaired) electrons. The summed E-state index contributed by atoms with van der Waals surface area (Å²) in [6.45, 7) is 0. The van der Waals surface area contributed by atoms with Crippen molar-refractivity contribution in [1.29, 1.82) is 5.26 Å².